The summed E-state index contributed by atoms with van der Waals surface area (Å²) in [5.41, 5.74) is 23.7. The average molecular weight is 949 g/mol. The summed E-state index contributed by atoms with van der Waals surface area (Å²) in [6, 6.07) is 26.6. The fourth-order valence-electron chi connectivity index (χ4n) is 10.5. The number of nitrogens with two attached hydrogens (primary N) is 2. The number of carbonyl (C=O) groups is 1. The number of anilines is 2. The number of ketones is 1. The van der Waals surface area contributed by atoms with E-state index in [0.717, 1.165) is 66.6 Å². The Morgan fingerprint density at radius 1 is 0.600 bits per heavy atom. The second-order valence-electron chi connectivity index (χ2n) is 19.0. The molecule has 0 radical (unpaired) electrons. The Morgan fingerprint density at radius 3 is 1.46 bits per heavy atom. The molecule has 15 nitrogen and oxygen atoms in total. The van der Waals surface area contributed by atoms with Gasteiger partial charge in [-0.15, -0.1) is 0 Å². The summed E-state index contributed by atoms with van der Waals surface area (Å²) >= 11 is 0. The van der Waals surface area contributed by atoms with Crippen LogP contribution in [0.1, 0.15) is 70.0 Å². The van der Waals surface area contributed by atoms with Gasteiger partial charge in [0.1, 0.15) is 23.3 Å². The zero-order chi connectivity index (χ0) is 48.2. The molecule has 0 bridgehead atoms. The number of hydrogen-bond donors (Lipinski definition) is 6. The summed E-state index contributed by atoms with van der Waals surface area (Å²) in [6.45, 7) is 4.42. The number of nitrogens with one attached hydrogen (secondary N) is 4. The molecule has 2 fully saturated rings. The Bertz CT molecular complexity index is 3430. The Labute approximate surface area is 396 Å². The van der Waals surface area contributed by atoms with Crippen molar-refractivity contribution in [1.82, 2.24) is 59.3 Å². The molecule has 0 spiro atoms. The van der Waals surface area contributed by atoms with Crippen LogP contribution in [0.15, 0.2) is 97.3 Å². The van der Waals surface area contributed by atoms with Gasteiger partial charge in [-0.2, -0.15) is 10.2 Å². The standard InChI is InChI=1S/C51H48F4N14O/c1-27-60-39-9-5-33(19-41(39)62-27)68-48(56)35(21-58-68)45(43-17-31-15-29(3-7-37(31)64-43)23-66-13-11-50(52,53)25-66)47(70)46(36-22-59-69(49(36)57)34-6-10-40-42(20-34)63-28(2)61-40)44-18-32-16-30(4-8-38(32)65-44)24-67-14-12-51(54,55)26-67/h3-10,15-22,45-46,64-65H,11-14,23-26,56-57H2,1-2H3,(H,60,62)(H,61,63). The number of aryl methyl sites for hydroxylation is 2. The number of nitrogen functional groups attached to an aromatic ring is 2. The molecule has 0 amide bonds. The first-order valence-corrected chi connectivity index (χ1v) is 23.2. The van der Waals surface area contributed by atoms with Crippen molar-refractivity contribution in [3.8, 4) is 11.4 Å². The predicted molar refractivity (Wildman–Crippen MR) is 260 cm³/mol. The van der Waals surface area contributed by atoms with Gasteiger partial charge in [0.05, 0.1) is 70.8 Å². The van der Waals surface area contributed by atoms with Crippen LogP contribution in [0.4, 0.5) is 29.2 Å². The van der Waals surface area contributed by atoms with E-state index in [0.29, 0.717) is 60.1 Å². The third kappa shape index (κ3) is 7.83. The average Bonchev–Trinajstić information content (AvgIpc) is 4.20. The van der Waals surface area contributed by atoms with Gasteiger partial charge in [-0.05, 0) is 109 Å². The smallest absolute Gasteiger partial charge is 0.261 e. The topological polar surface area (TPSA) is 200 Å². The van der Waals surface area contributed by atoms with Crippen LogP contribution in [0, 0.1) is 13.8 Å². The van der Waals surface area contributed by atoms with Crippen LogP contribution < -0.4 is 11.5 Å². The highest BCUT2D eigenvalue weighted by Crippen LogP contribution is 2.42. The van der Waals surface area contributed by atoms with Crippen molar-refractivity contribution in [1.29, 1.82) is 0 Å². The number of aromatic amines is 4. The SMILES string of the molecule is Cc1nc2ccc(-n3ncc(C(C(=O)C(c4cc5cc(CN6CCC(F)(F)C6)ccc5[nH]4)c4cnn(-c5ccc6nc(C)[nH]c6c5)c4N)c4cc5cc(CN6CCC(F)(F)C6)ccc5[nH]4)c3N)cc2[nH]1. The van der Waals surface area contributed by atoms with Crippen molar-refractivity contribution in [2.75, 3.05) is 37.6 Å². The second-order valence-corrected chi connectivity index (χ2v) is 19.0. The van der Waals surface area contributed by atoms with Crippen LogP contribution in [0.25, 0.3) is 55.2 Å². The Hall–Kier alpha value is -7.77. The van der Waals surface area contributed by atoms with Gasteiger partial charge >= 0.3 is 0 Å². The number of aromatic nitrogens is 10. The molecule has 8 heterocycles. The van der Waals surface area contributed by atoms with Gasteiger partial charge in [0, 0.05) is 72.6 Å². The number of hydrogen-bond acceptors (Lipinski definition) is 9. The van der Waals surface area contributed by atoms with E-state index in [-0.39, 0.29) is 43.4 Å². The zero-order valence-corrected chi connectivity index (χ0v) is 38.2. The molecule has 2 saturated heterocycles. The third-order valence-corrected chi connectivity index (χ3v) is 13.9. The van der Waals surface area contributed by atoms with E-state index in [1.165, 1.54) is 0 Å². The lowest BCUT2D eigenvalue weighted by atomic mass is 9.81. The normalized spacial score (nSPS) is 17.2. The summed E-state index contributed by atoms with van der Waals surface area (Å²) in [5.74, 6) is -5.96. The number of carbonyl (C=O) groups excluding carboxylic acids is 1. The van der Waals surface area contributed by atoms with Crippen LogP contribution in [0.3, 0.4) is 0 Å². The minimum absolute atomic E-state index is 0.181. The number of nitrogens with zero attached hydrogens (tertiary/aromatic N) is 8. The molecular weight excluding hydrogens is 901 g/mol. The predicted octanol–water partition coefficient (Wildman–Crippen LogP) is 8.77. The quantitative estimate of drug-likeness (QED) is 0.0648. The van der Waals surface area contributed by atoms with Crippen molar-refractivity contribution >= 4 is 61.3 Å². The van der Waals surface area contributed by atoms with E-state index in [1.807, 2.05) is 98.8 Å². The van der Waals surface area contributed by atoms with E-state index in [9.17, 15) is 17.6 Å². The molecular formula is C51H48F4N14O. The molecule has 2 aliphatic heterocycles. The minimum Gasteiger partial charge on any atom is -0.383 e. The van der Waals surface area contributed by atoms with Gasteiger partial charge in [-0.1, -0.05) is 12.1 Å². The molecule has 12 rings (SSSR count). The van der Waals surface area contributed by atoms with Gasteiger partial charge in [-0.3, -0.25) is 14.6 Å². The summed E-state index contributed by atoms with van der Waals surface area (Å²) in [7, 11) is 0. The number of rotatable bonds is 12. The van der Waals surface area contributed by atoms with Crippen molar-refractivity contribution in [3.63, 3.8) is 0 Å². The monoisotopic (exact) mass is 948 g/mol. The van der Waals surface area contributed by atoms with Crippen LogP contribution in [-0.4, -0.2) is 103 Å². The third-order valence-electron chi connectivity index (χ3n) is 13.9. The molecule has 70 heavy (non-hydrogen) atoms. The van der Waals surface area contributed by atoms with E-state index in [2.05, 4.69) is 29.9 Å². The number of imidazole rings is 2. The van der Waals surface area contributed by atoms with Crippen molar-refractivity contribution in [2.24, 2.45) is 0 Å². The largest absolute Gasteiger partial charge is 0.383 e. The molecule has 2 atom stereocenters. The molecule has 2 unspecified atom stereocenters. The maximum absolute atomic E-state index is 16.3. The lowest BCUT2D eigenvalue weighted by molar-refractivity contribution is -0.120. The Balaban J connectivity index is 0.995. The van der Waals surface area contributed by atoms with E-state index >= 15 is 4.79 Å². The summed E-state index contributed by atoms with van der Waals surface area (Å²) < 4.78 is 60.0. The van der Waals surface area contributed by atoms with Gasteiger partial charge in [0.25, 0.3) is 11.8 Å². The van der Waals surface area contributed by atoms with Crippen molar-refractivity contribution in [2.45, 2.75) is 63.5 Å². The second kappa shape index (κ2) is 16.2. The first kappa shape index (κ1) is 43.5. The molecule has 0 aliphatic carbocycles. The highest BCUT2D eigenvalue weighted by atomic mass is 19.3. The summed E-state index contributed by atoms with van der Waals surface area (Å²) in [5, 5.41) is 11.1. The van der Waals surface area contributed by atoms with Gasteiger partial charge in [0.2, 0.25) is 0 Å². The van der Waals surface area contributed by atoms with Gasteiger partial charge < -0.3 is 31.4 Å². The number of benzene rings is 4. The maximum Gasteiger partial charge on any atom is 0.261 e. The lowest BCUT2D eigenvalue weighted by Crippen LogP contribution is -2.24. The summed E-state index contributed by atoms with van der Waals surface area (Å²) in [6.07, 6.45) is 2.85. The highest BCUT2D eigenvalue weighted by molar-refractivity contribution is 6.00. The fraction of sp³-hybridized carbons (Fsp3) is 0.275. The number of fused-ring (bicyclic) bond motifs is 4. The number of likely N-dealkylation sites (tertiary alicyclic amines) is 2. The van der Waals surface area contributed by atoms with Gasteiger partial charge in [0.15, 0.2) is 5.78 Å². The molecule has 8 N–H and O–H groups in total. The van der Waals surface area contributed by atoms with E-state index in [4.69, 9.17) is 21.7 Å². The first-order chi connectivity index (χ1) is 33.6. The van der Waals surface area contributed by atoms with Crippen LogP contribution in [0.5, 0.6) is 0 Å². The molecule has 10 aromatic rings. The minimum atomic E-state index is -2.73. The first-order valence-electron chi connectivity index (χ1n) is 23.2. The van der Waals surface area contributed by atoms with Crippen molar-refractivity contribution < 1.29 is 22.4 Å². The number of Topliss-reactive ketones (excluding diaryl/α,β-unsaturated/α-hetero) is 1. The number of alkyl halides is 4. The molecule has 356 valence electrons. The summed E-state index contributed by atoms with van der Waals surface area (Å²) in [4.78, 5) is 42.4. The Kier molecular flexibility index (Phi) is 10.0. The van der Waals surface area contributed by atoms with Crippen LogP contribution >= 0.6 is 0 Å². The maximum atomic E-state index is 16.3. The fourth-order valence-corrected chi connectivity index (χ4v) is 10.5. The molecule has 4 aromatic carbocycles. The van der Waals surface area contributed by atoms with Crippen LogP contribution in [0.2, 0.25) is 0 Å². The Morgan fingerprint density at radius 2 is 1.04 bits per heavy atom. The zero-order valence-electron chi connectivity index (χ0n) is 38.2. The van der Waals surface area contributed by atoms with Gasteiger partial charge in [-0.25, -0.2) is 36.9 Å². The molecule has 2 aliphatic rings. The lowest BCUT2D eigenvalue weighted by Gasteiger charge is -2.22. The molecule has 0 saturated carbocycles. The molecule has 6 aromatic heterocycles. The van der Waals surface area contributed by atoms with Crippen molar-refractivity contribution in [3.05, 3.63) is 143 Å². The molecule has 19 heteroatoms. The van der Waals surface area contributed by atoms with E-state index < -0.39 is 23.7 Å². The van der Waals surface area contributed by atoms with E-state index in [1.54, 1.807) is 31.6 Å². The highest BCUT2D eigenvalue weighted by Gasteiger charge is 2.41. The number of H-pyrrole nitrogens is 4. The van der Waals surface area contributed by atoms with Crippen LogP contribution in [-0.2, 0) is 17.9 Å². The number of halogens is 4.